The number of carbonyl (C=O) groups is 2. The summed E-state index contributed by atoms with van der Waals surface area (Å²) in [4.78, 5) is 24.2. The van der Waals surface area contributed by atoms with Crippen LogP contribution in [0.15, 0.2) is 60.7 Å². The van der Waals surface area contributed by atoms with Gasteiger partial charge in [-0.1, -0.05) is 95.0 Å². The zero-order valence-electron chi connectivity index (χ0n) is 30.4. The second kappa shape index (κ2) is 18.4. The largest absolute Gasteiger partial charge is 0.462 e. The van der Waals surface area contributed by atoms with E-state index in [2.05, 4.69) is 56.5 Å². The molecule has 3 saturated carbocycles. The highest BCUT2D eigenvalue weighted by Crippen LogP contribution is 2.42. The number of fused-ring (bicyclic) bond motifs is 1. The number of rotatable bonds is 15. The molecule has 49 heavy (non-hydrogen) atoms. The Morgan fingerprint density at radius 1 is 0.694 bits per heavy atom. The molecule has 268 valence electrons. The third kappa shape index (κ3) is 10.5. The van der Waals surface area contributed by atoms with Gasteiger partial charge in [-0.2, -0.15) is 0 Å². The summed E-state index contributed by atoms with van der Waals surface area (Å²) in [5.74, 6) is 3.21. The first-order chi connectivity index (χ1) is 23.7. The molecule has 0 radical (unpaired) electrons. The predicted octanol–water partition coefficient (Wildman–Crippen LogP) is 10.6. The van der Waals surface area contributed by atoms with Crippen LogP contribution in [0, 0.1) is 29.6 Å². The van der Waals surface area contributed by atoms with E-state index in [4.69, 9.17) is 9.47 Å². The van der Waals surface area contributed by atoms with Crippen LogP contribution in [-0.4, -0.2) is 36.9 Å². The van der Waals surface area contributed by atoms with Crippen molar-refractivity contribution in [3.05, 3.63) is 71.8 Å². The van der Waals surface area contributed by atoms with E-state index >= 15 is 0 Å². The molecule has 0 heterocycles. The maximum Gasteiger partial charge on any atom is 0.335 e. The first-order valence-corrected chi connectivity index (χ1v) is 19.6. The van der Waals surface area contributed by atoms with E-state index in [1.807, 2.05) is 0 Å². The fourth-order valence-corrected chi connectivity index (χ4v) is 9.16. The van der Waals surface area contributed by atoms with Gasteiger partial charge in [-0.15, -0.1) is 0 Å². The number of hydrogen-bond acceptors (Lipinski definition) is 5. The molecule has 5 nitrogen and oxygen atoms in total. The number of esters is 2. The molecule has 2 aromatic carbocycles. The molecule has 1 unspecified atom stereocenters. The number of benzene rings is 2. The molecule has 5 heteroatoms. The fraction of sp³-hybridized carbons (Fsp3) is 0.636. The molecular formula is C44H62O5. The highest BCUT2D eigenvalue weighted by molar-refractivity contribution is 5.88. The van der Waals surface area contributed by atoms with Crippen LogP contribution in [0.4, 0.5) is 0 Å². The fourth-order valence-electron chi connectivity index (χ4n) is 9.16. The Morgan fingerprint density at radius 3 is 1.59 bits per heavy atom. The minimum absolute atomic E-state index is 0.0381. The average molecular weight is 671 g/mol. The number of aliphatic hydroxyl groups excluding tert-OH is 1. The SMILES string of the molecule is C=C(C)C(=O)OCC(COC(=O)C(=C)CO)C1CCC(CCC2CCC(c3ccc4cc(C5CCC(CCC)CC5)ccc4c3)CC2)CC1. The van der Waals surface area contributed by atoms with Gasteiger partial charge < -0.3 is 14.6 Å². The number of aliphatic hydroxyl groups is 1. The lowest BCUT2D eigenvalue weighted by atomic mass is 9.72. The summed E-state index contributed by atoms with van der Waals surface area (Å²) in [6.07, 6.45) is 20.6. The molecule has 0 saturated heterocycles. The van der Waals surface area contributed by atoms with Crippen LogP contribution in [0.25, 0.3) is 10.8 Å². The van der Waals surface area contributed by atoms with Gasteiger partial charge in [0.25, 0.3) is 0 Å². The van der Waals surface area contributed by atoms with Crippen molar-refractivity contribution in [3.63, 3.8) is 0 Å². The Hall–Kier alpha value is -2.92. The molecule has 1 N–H and O–H groups in total. The van der Waals surface area contributed by atoms with Crippen molar-refractivity contribution in [3.8, 4) is 0 Å². The van der Waals surface area contributed by atoms with E-state index in [0.717, 1.165) is 36.5 Å². The molecular weight excluding hydrogens is 608 g/mol. The van der Waals surface area contributed by atoms with Crippen LogP contribution in [0.3, 0.4) is 0 Å². The van der Waals surface area contributed by atoms with Gasteiger partial charge in [0.2, 0.25) is 0 Å². The van der Waals surface area contributed by atoms with Gasteiger partial charge in [-0.3, -0.25) is 0 Å². The molecule has 3 aliphatic rings. The van der Waals surface area contributed by atoms with Crippen LogP contribution < -0.4 is 0 Å². The second-order valence-corrected chi connectivity index (χ2v) is 15.9. The molecule has 1 atom stereocenters. The summed E-state index contributed by atoms with van der Waals surface area (Å²) < 4.78 is 10.9. The van der Waals surface area contributed by atoms with Crippen molar-refractivity contribution in [2.24, 2.45) is 29.6 Å². The van der Waals surface area contributed by atoms with Gasteiger partial charge in [-0.25, -0.2) is 9.59 Å². The van der Waals surface area contributed by atoms with Crippen molar-refractivity contribution >= 4 is 22.7 Å². The summed E-state index contributed by atoms with van der Waals surface area (Å²) in [6.45, 7) is 11.1. The predicted molar refractivity (Wildman–Crippen MR) is 199 cm³/mol. The van der Waals surface area contributed by atoms with E-state index in [-0.39, 0.29) is 24.7 Å². The zero-order chi connectivity index (χ0) is 34.8. The van der Waals surface area contributed by atoms with Gasteiger partial charge in [0.05, 0.1) is 25.4 Å². The Kier molecular flexibility index (Phi) is 14.0. The van der Waals surface area contributed by atoms with Gasteiger partial charge in [0.1, 0.15) is 0 Å². The summed E-state index contributed by atoms with van der Waals surface area (Å²) in [5.41, 5.74) is 3.49. The Bertz CT molecular complexity index is 1400. The Balaban J connectivity index is 1.04. The first kappa shape index (κ1) is 37.3. The smallest absolute Gasteiger partial charge is 0.335 e. The molecule has 0 aliphatic heterocycles. The molecule has 0 amide bonds. The van der Waals surface area contributed by atoms with E-state index in [9.17, 15) is 14.7 Å². The van der Waals surface area contributed by atoms with E-state index in [0.29, 0.717) is 17.4 Å². The monoisotopic (exact) mass is 670 g/mol. The molecule has 2 aromatic rings. The van der Waals surface area contributed by atoms with Crippen LogP contribution >= 0.6 is 0 Å². The van der Waals surface area contributed by atoms with Gasteiger partial charge in [0, 0.05) is 11.5 Å². The number of hydrogen-bond donors (Lipinski definition) is 1. The molecule has 0 bridgehead atoms. The normalized spacial score (nSPS) is 26.5. The van der Waals surface area contributed by atoms with E-state index in [1.54, 1.807) is 12.5 Å². The van der Waals surface area contributed by atoms with Crippen LogP contribution in [0.2, 0.25) is 0 Å². The maximum atomic E-state index is 12.1. The summed E-state index contributed by atoms with van der Waals surface area (Å²) in [7, 11) is 0. The highest BCUT2D eigenvalue weighted by atomic mass is 16.5. The third-order valence-electron chi connectivity index (χ3n) is 12.4. The van der Waals surface area contributed by atoms with Gasteiger partial charge >= 0.3 is 11.9 Å². The summed E-state index contributed by atoms with van der Waals surface area (Å²) in [6, 6.07) is 14.6. The van der Waals surface area contributed by atoms with Crippen LogP contribution in [0.1, 0.15) is 140 Å². The summed E-state index contributed by atoms with van der Waals surface area (Å²) >= 11 is 0. The van der Waals surface area contributed by atoms with Gasteiger partial charge in [0.15, 0.2) is 0 Å². The van der Waals surface area contributed by atoms with Crippen molar-refractivity contribution < 1.29 is 24.2 Å². The minimum Gasteiger partial charge on any atom is -0.462 e. The maximum absolute atomic E-state index is 12.1. The van der Waals surface area contributed by atoms with Crippen LogP contribution in [0.5, 0.6) is 0 Å². The lowest BCUT2D eigenvalue weighted by Gasteiger charge is -2.35. The third-order valence-corrected chi connectivity index (χ3v) is 12.4. The van der Waals surface area contributed by atoms with Crippen molar-refractivity contribution in [1.29, 1.82) is 0 Å². The molecule has 3 aliphatic carbocycles. The summed E-state index contributed by atoms with van der Waals surface area (Å²) in [5, 5.41) is 12.0. The topological polar surface area (TPSA) is 72.8 Å². The van der Waals surface area contributed by atoms with E-state index in [1.165, 1.54) is 106 Å². The first-order valence-electron chi connectivity index (χ1n) is 19.6. The van der Waals surface area contributed by atoms with Crippen LogP contribution in [-0.2, 0) is 19.1 Å². The molecule has 0 spiro atoms. The zero-order valence-corrected chi connectivity index (χ0v) is 30.4. The second-order valence-electron chi connectivity index (χ2n) is 15.9. The number of carbonyl (C=O) groups excluding carboxylic acids is 2. The quantitative estimate of drug-likeness (QED) is 0.151. The average Bonchev–Trinajstić information content (AvgIpc) is 3.14. The highest BCUT2D eigenvalue weighted by Gasteiger charge is 2.31. The van der Waals surface area contributed by atoms with Crippen molar-refractivity contribution in [2.45, 2.75) is 128 Å². The lowest BCUT2D eigenvalue weighted by molar-refractivity contribution is -0.146. The number of ether oxygens (including phenoxy) is 2. The van der Waals surface area contributed by atoms with Crippen molar-refractivity contribution in [2.75, 3.05) is 19.8 Å². The van der Waals surface area contributed by atoms with Gasteiger partial charge in [-0.05, 0) is 129 Å². The molecule has 3 fully saturated rings. The molecule has 5 rings (SSSR count). The standard InChI is InChI=1S/C44H62O5/c1-5-6-32-9-15-35(16-10-32)38-21-23-41-26-39(22-24-40(41)25-38)36-17-11-33(12-18-36)7-8-34-13-19-37(20-14-34)42(28-48-43(46)30(2)3)29-49-44(47)31(4)27-45/h21-26,32-37,42,45H,2,4-20,27-29H2,1,3H3. The molecule has 0 aromatic heterocycles. The minimum atomic E-state index is -0.591. The van der Waals surface area contributed by atoms with E-state index < -0.39 is 18.5 Å². The Labute approximate surface area is 295 Å². The Morgan fingerprint density at radius 2 is 1.14 bits per heavy atom. The van der Waals surface area contributed by atoms with Crippen molar-refractivity contribution in [1.82, 2.24) is 0 Å². The lowest BCUT2D eigenvalue weighted by Crippen LogP contribution is -2.31.